The molecule has 0 bridgehead atoms. The van der Waals surface area contributed by atoms with E-state index in [1.54, 1.807) is 13.0 Å². The molecule has 0 radical (unpaired) electrons. The van der Waals surface area contributed by atoms with Gasteiger partial charge in [0.2, 0.25) is 0 Å². The number of carboxylic acid groups (broad SMARTS) is 1. The Labute approximate surface area is 104 Å². The van der Waals surface area contributed by atoms with Gasteiger partial charge in [-0.2, -0.15) is 0 Å². The zero-order valence-electron chi connectivity index (χ0n) is 10.1. The third-order valence-corrected chi connectivity index (χ3v) is 2.87. The molecule has 0 aliphatic carbocycles. The highest BCUT2D eigenvalue weighted by Crippen LogP contribution is 2.37. The molecule has 2 rings (SSSR count). The van der Waals surface area contributed by atoms with E-state index in [0.29, 0.717) is 37.4 Å². The van der Waals surface area contributed by atoms with Crippen LogP contribution in [0.3, 0.4) is 0 Å². The number of ether oxygens (including phenoxy) is 2. The minimum absolute atomic E-state index is 0.0996. The molecule has 98 valence electrons. The van der Waals surface area contributed by atoms with Gasteiger partial charge in [-0.15, -0.1) is 0 Å². The van der Waals surface area contributed by atoms with Crippen molar-refractivity contribution < 1.29 is 23.8 Å². The Balaban J connectivity index is 2.33. The summed E-state index contributed by atoms with van der Waals surface area (Å²) in [6.45, 7) is 2.46. The van der Waals surface area contributed by atoms with Crippen LogP contribution in [0.4, 0.5) is 4.39 Å². The topological polar surface area (TPSA) is 55.8 Å². The highest BCUT2D eigenvalue weighted by molar-refractivity contribution is 5.70. The molecule has 1 aliphatic rings. The van der Waals surface area contributed by atoms with Crippen molar-refractivity contribution in [2.24, 2.45) is 5.92 Å². The average Bonchev–Trinajstić information content (AvgIpc) is 2.58. The number of benzene rings is 1. The molecule has 1 unspecified atom stereocenters. The van der Waals surface area contributed by atoms with Gasteiger partial charge in [-0.05, 0) is 18.1 Å². The van der Waals surface area contributed by atoms with Gasteiger partial charge in [0.05, 0.1) is 19.1 Å². The monoisotopic (exact) mass is 254 g/mol. The predicted octanol–water partition coefficient (Wildman–Crippen LogP) is 2.25. The van der Waals surface area contributed by atoms with Gasteiger partial charge >= 0.3 is 5.97 Å². The first-order valence-corrected chi connectivity index (χ1v) is 5.89. The van der Waals surface area contributed by atoms with Crippen LogP contribution in [-0.4, -0.2) is 24.3 Å². The first-order valence-electron chi connectivity index (χ1n) is 5.89. The molecule has 0 saturated heterocycles. The Hall–Kier alpha value is -1.78. The number of hydrogen-bond acceptors (Lipinski definition) is 3. The zero-order chi connectivity index (χ0) is 13.1. The van der Waals surface area contributed by atoms with Crippen molar-refractivity contribution in [2.75, 3.05) is 13.2 Å². The molecule has 18 heavy (non-hydrogen) atoms. The Morgan fingerprint density at radius 2 is 2.06 bits per heavy atom. The maximum Gasteiger partial charge on any atom is 0.306 e. The summed E-state index contributed by atoms with van der Waals surface area (Å²) in [6.07, 6.45) is 0.976. The van der Waals surface area contributed by atoms with Crippen LogP contribution in [0.15, 0.2) is 12.1 Å². The van der Waals surface area contributed by atoms with E-state index in [4.69, 9.17) is 14.6 Å². The van der Waals surface area contributed by atoms with Crippen LogP contribution < -0.4 is 9.47 Å². The molecule has 1 aromatic rings. The van der Waals surface area contributed by atoms with Crippen LogP contribution in [-0.2, 0) is 11.2 Å². The molecule has 0 amide bonds. The molecule has 0 aromatic heterocycles. The summed E-state index contributed by atoms with van der Waals surface area (Å²) in [5, 5.41) is 8.91. The number of fused-ring (bicyclic) bond motifs is 1. The lowest BCUT2D eigenvalue weighted by Crippen LogP contribution is -2.13. The van der Waals surface area contributed by atoms with Gasteiger partial charge in [0.15, 0.2) is 17.3 Å². The van der Waals surface area contributed by atoms with Crippen LogP contribution in [0.25, 0.3) is 0 Å². The highest BCUT2D eigenvalue weighted by atomic mass is 19.1. The molecule has 0 saturated carbocycles. The lowest BCUT2D eigenvalue weighted by atomic mass is 10.00. The number of aliphatic carboxylic acids is 1. The van der Waals surface area contributed by atoms with E-state index in [0.717, 1.165) is 0 Å². The van der Waals surface area contributed by atoms with Crippen molar-refractivity contribution in [3.05, 3.63) is 23.5 Å². The molecule has 1 aliphatic heterocycles. The molecule has 1 N–H and O–H groups in total. The second-order valence-corrected chi connectivity index (χ2v) is 4.36. The molecule has 4 nitrogen and oxygen atoms in total. The summed E-state index contributed by atoms with van der Waals surface area (Å²) in [7, 11) is 0. The molecule has 1 heterocycles. The number of carboxylic acids is 1. The third-order valence-electron chi connectivity index (χ3n) is 2.87. The van der Waals surface area contributed by atoms with Crippen LogP contribution in [0.5, 0.6) is 11.5 Å². The molecule has 0 spiro atoms. The van der Waals surface area contributed by atoms with Crippen LogP contribution in [0.2, 0.25) is 0 Å². The van der Waals surface area contributed by atoms with Gasteiger partial charge < -0.3 is 14.6 Å². The second kappa shape index (κ2) is 5.25. The summed E-state index contributed by atoms with van der Waals surface area (Å²) in [5.74, 6) is -1.46. The third kappa shape index (κ3) is 2.55. The molecule has 1 aromatic carbocycles. The fourth-order valence-electron chi connectivity index (χ4n) is 1.86. The smallest absolute Gasteiger partial charge is 0.306 e. The molecule has 5 heteroatoms. The number of rotatable bonds is 3. The fraction of sp³-hybridized carbons (Fsp3) is 0.462. The summed E-state index contributed by atoms with van der Waals surface area (Å²) < 4.78 is 24.4. The molecule has 0 fully saturated rings. The fourth-order valence-corrected chi connectivity index (χ4v) is 1.86. The van der Waals surface area contributed by atoms with Crippen molar-refractivity contribution in [1.29, 1.82) is 0 Å². The number of hydrogen-bond donors (Lipinski definition) is 1. The summed E-state index contributed by atoms with van der Waals surface area (Å²) in [6, 6.07) is 2.85. The first-order chi connectivity index (χ1) is 8.59. The maximum absolute atomic E-state index is 13.6. The van der Waals surface area contributed by atoms with Gasteiger partial charge in [0, 0.05) is 6.42 Å². The van der Waals surface area contributed by atoms with Crippen molar-refractivity contribution in [3.63, 3.8) is 0 Å². The average molecular weight is 254 g/mol. The van der Waals surface area contributed by atoms with E-state index in [2.05, 4.69) is 0 Å². The minimum Gasteiger partial charge on any atom is -0.489 e. The summed E-state index contributed by atoms with van der Waals surface area (Å²) in [5.41, 5.74) is 0.670. The van der Waals surface area contributed by atoms with Crippen molar-refractivity contribution >= 4 is 5.97 Å². The number of halogens is 1. The zero-order valence-corrected chi connectivity index (χ0v) is 10.1. The normalized spacial score (nSPS) is 15.9. The van der Waals surface area contributed by atoms with Crippen molar-refractivity contribution in [3.8, 4) is 11.5 Å². The molecular formula is C13H15FO4. The van der Waals surface area contributed by atoms with Crippen molar-refractivity contribution in [2.45, 2.75) is 19.8 Å². The highest BCUT2D eigenvalue weighted by Gasteiger charge is 2.22. The van der Waals surface area contributed by atoms with Gasteiger partial charge in [0.25, 0.3) is 0 Å². The van der Waals surface area contributed by atoms with Crippen LogP contribution in [0.1, 0.15) is 18.9 Å². The summed E-state index contributed by atoms with van der Waals surface area (Å²) in [4.78, 5) is 10.9. The van der Waals surface area contributed by atoms with E-state index in [-0.39, 0.29) is 5.75 Å². The SMILES string of the molecule is CC(Cc1ccc(F)c2c1OCCCO2)C(=O)O. The molecular weight excluding hydrogens is 239 g/mol. The summed E-state index contributed by atoms with van der Waals surface area (Å²) >= 11 is 0. The van der Waals surface area contributed by atoms with E-state index in [1.807, 2.05) is 0 Å². The Kier molecular flexibility index (Phi) is 3.69. The maximum atomic E-state index is 13.6. The largest absolute Gasteiger partial charge is 0.489 e. The lowest BCUT2D eigenvalue weighted by molar-refractivity contribution is -0.141. The van der Waals surface area contributed by atoms with E-state index >= 15 is 0 Å². The predicted molar refractivity (Wildman–Crippen MR) is 62.5 cm³/mol. The van der Waals surface area contributed by atoms with Crippen LogP contribution >= 0.6 is 0 Å². The van der Waals surface area contributed by atoms with Gasteiger partial charge in [-0.3, -0.25) is 4.79 Å². The van der Waals surface area contributed by atoms with Crippen molar-refractivity contribution in [1.82, 2.24) is 0 Å². The van der Waals surface area contributed by atoms with Gasteiger partial charge in [0.1, 0.15) is 0 Å². The second-order valence-electron chi connectivity index (χ2n) is 4.36. The quantitative estimate of drug-likeness (QED) is 0.898. The minimum atomic E-state index is -0.886. The van der Waals surface area contributed by atoms with Gasteiger partial charge in [-0.25, -0.2) is 4.39 Å². The van der Waals surface area contributed by atoms with E-state index in [9.17, 15) is 9.18 Å². The van der Waals surface area contributed by atoms with Gasteiger partial charge in [-0.1, -0.05) is 13.0 Å². The Morgan fingerprint density at radius 3 is 2.72 bits per heavy atom. The van der Waals surface area contributed by atoms with E-state index < -0.39 is 17.7 Å². The number of carbonyl (C=O) groups is 1. The lowest BCUT2D eigenvalue weighted by Gasteiger charge is -2.14. The Morgan fingerprint density at radius 1 is 1.39 bits per heavy atom. The van der Waals surface area contributed by atoms with E-state index in [1.165, 1.54) is 6.07 Å². The van der Waals surface area contributed by atoms with Crippen LogP contribution in [0, 0.1) is 11.7 Å². The first kappa shape index (κ1) is 12.7. The Bertz CT molecular complexity index is 459. The standard InChI is InChI=1S/C13H15FO4/c1-8(13(15)16)7-9-3-4-10(14)12-11(9)17-5-2-6-18-12/h3-4,8H,2,5-7H2,1H3,(H,15,16). The molecule has 1 atom stereocenters.